The number of benzene rings is 1. The molecule has 0 bridgehead atoms. The first-order valence-corrected chi connectivity index (χ1v) is 5.90. The van der Waals surface area contributed by atoms with Gasteiger partial charge in [0, 0.05) is 0 Å². The van der Waals surface area contributed by atoms with Gasteiger partial charge in [-0.15, -0.1) is 0 Å². The van der Waals surface area contributed by atoms with Crippen LogP contribution in [-0.2, 0) is 9.53 Å². The summed E-state index contributed by atoms with van der Waals surface area (Å²) in [6, 6.07) is 7.62. The molecule has 0 fully saturated rings. The van der Waals surface area contributed by atoms with Gasteiger partial charge in [0.05, 0.1) is 19.6 Å². The molecule has 1 unspecified atom stereocenters. The summed E-state index contributed by atoms with van der Waals surface area (Å²) < 4.78 is 10.2. The first kappa shape index (κ1) is 13.6. The molecule has 3 heteroatoms. The maximum Gasteiger partial charge on any atom is 0.313 e. The monoisotopic (exact) mass is 236 g/mol. The van der Waals surface area contributed by atoms with Crippen LogP contribution < -0.4 is 4.74 Å². The van der Waals surface area contributed by atoms with Crippen LogP contribution in [0.25, 0.3) is 0 Å². The SMILES string of the molecule is CCOc1ccc(C(C(=O)OC)C(C)C)cc1. The summed E-state index contributed by atoms with van der Waals surface area (Å²) in [4.78, 5) is 11.7. The first-order chi connectivity index (χ1) is 8.10. The lowest BCUT2D eigenvalue weighted by atomic mass is 9.88. The van der Waals surface area contributed by atoms with Gasteiger partial charge in [0.25, 0.3) is 0 Å². The van der Waals surface area contributed by atoms with Gasteiger partial charge in [0.2, 0.25) is 0 Å². The van der Waals surface area contributed by atoms with Gasteiger partial charge in [0.15, 0.2) is 0 Å². The van der Waals surface area contributed by atoms with E-state index in [0.717, 1.165) is 11.3 Å². The molecule has 0 spiro atoms. The molecule has 0 aliphatic rings. The molecular formula is C14H20O3. The summed E-state index contributed by atoms with van der Waals surface area (Å²) in [5.41, 5.74) is 0.968. The largest absolute Gasteiger partial charge is 0.494 e. The van der Waals surface area contributed by atoms with E-state index >= 15 is 0 Å². The topological polar surface area (TPSA) is 35.5 Å². The molecule has 0 aromatic heterocycles. The van der Waals surface area contributed by atoms with Gasteiger partial charge in [-0.2, -0.15) is 0 Å². The van der Waals surface area contributed by atoms with E-state index in [1.54, 1.807) is 0 Å². The van der Waals surface area contributed by atoms with Crippen LogP contribution in [0.4, 0.5) is 0 Å². The van der Waals surface area contributed by atoms with Gasteiger partial charge in [-0.3, -0.25) is 4.79 Å². The van der Waals surface area contributed by atoms with Gasteiger partial charge in [-0.25, -0.2) is 0 Å². The summed E-state index contributed by atoms with van der Waals surface area (Å²) in [5.74, 6) is 0.629. The summed E-state index contributed by atoms with van der Waals surface area (Å²) >= 11 is 0. The van der Waals surface area contributed by atoms with Crippen LogP contribution in [0, 0.1) is 5.92 Å². The fraction of sp³-hybridized carbons (Fsp3) is 0.500. The van der Waals surface area contributed by atoms with E-state index in [9.17, 15) is 4.79 Å². The second-order valence-corrected chi connectivity index (χ2v) is 4.25. The standard InChI is InChI=1S/C14H20O3/c1-5-17-12-8-6-11(7-9-12)13(10(2)3)14(15)16-4/h6-10,13H,5H2,1-4H3. The Labute approximate surface area is 103 Å². The number of hydrogen-bond acceptors (Lipinski definition) is 3. The lowest BCUT2D eigenvalue weighted by Gasteiger charge is -2.18. The highest BCUT2D eigenvalue weighted by Gasteiger charge is 2.24. The van der Waals surface area contributed by atoms with Crippen molar-refractivity contribution in [3.05, 3.63) is 29.8 Å². The Morgan fingerprint density at radius 2 is 1.82 bits per heavy atom. The summed E-state index contributed by atoms with van der Waals surface area (Å²) in [6.45, 7) is 6.61. The Bertz CT molecular complexity index is 354. The number of hydrogen-bond donors (Lipinski definition) is 0. The quantitative estimate of drug-likeness (QED) is 0.737. The molecule has 3 nitrogen and oxygen atoms in total. The molecule has 1 aromatic carbocycles. The molecule has 1 rings (SSSR count). The predicted octanol–water partition coefficient (Wildman–Crippen LogP) is 3.00. The van der Waals surface area contributed by atoms with Crippen LogP contribution in [0.5, 0.6) is 5.75 Å². The zero-order chi connectivity index (χ0) is 12.8. The molecule has 94 valence electrons. The van der Waals surface area contributed by atoms with Gasteiger partial charge in [-0.05, 0) is 30.5 Å². The van der Waals surface area contributed by atoms with Crippen molar-refractivity contribution >= 4 is 5.97 Å². The van der Waals surface area contributed by atoms with E-state index in [1.165, 1.54) is 7.11 Å². The van der Waals surface area contributed by atoms with Crippen molar-refractivity contribution < 1.29 is 14.3 Å². The molecule has 0 saturated heterocycles. The lowest BCUT2D eigenvalue weighted by molar-refractivity contribution is -0.143. The smallest absolute Gasteiger partial charge is 0.313 e. The van der Waals surface area contributed by atoms with E-state index in [0.29, 0.717) is 6.61 Å². The normalized spacial score (nSPS) is 12.3. The van der Waals surface area contributed by atoms with Gasteiger partial charge < -0.3 is 9.47 Å². The molecule has 17 heavy (non-hydrogen) atoms. The van der Waals surface area contributed by atoms with E-state index in [-0.39, 0.29) is 17.8 Å². The third-order valence-electron chi connectivity index (χ3n) is 2.67. The highest BCUT2D eigenvalue weighted by molar-refractivity contribution is 5.78. The molecule has 1 aromatic rings. The van der Waals surface area contributed by atoms with Crippen molar-refractivity contribution in [2.24, 2.45) is 5.92 Å². The molecule has 0 heterocycles. The average Bonchev–Trinajstić information content (AvgIpc) is 2.31. The van der Waals surface area contributed by atoms with Crippen molar-refractivity contribution in [1.29, 1.82) is 0 Å². The van der Waals surface area contributed by atoms with Gasteiger partial charge >= 0.3 is 5.97 Å². The number of carbonyl (C=O) groups excluding carboxylic acids is 1. The molecule has 0 radical (unpaired) electrons. The van der Waals surface area contributed by atoms with Gasteiger partial charge in [-0.1, -0.05) is 26.0 Å². The minimum absolute atomic E-state index is 0.191. The third-order valence-corrected chi connectivity index (χ3v) is 2.67. The summed E-state index contributed by atoms with van der Waals surface area (Å²) in [5, 5.41) is 0. The fourth-order valence-electron chi connectivity index (χ4n) is 1.86. The van der Waals surface area contributed by atoms with Crippen molar-refractivity contribution in [3.63, 3.8) is 0 Å². The molecule has 0 aliphatic heterocycles. The number of carbonyl (C=O) groups is 1. The highest BCUT2D eigenvalue weighted by Crippen LogP contribution is 2.27. The summed E-state index contributed by atoms with van der Waals surface area (Å²) in [6.07, 6.45) is 0. The molecule has 0 saturated carbocycles. The Balaban J connectivity index is 2.91. The number of rotatable bonds is 5. The van der Waals surface area contributed by atoms with Crippen LogP contribution in [0.1, 0.15) is 32.3 Å². The van der Waals surface area contributed by atoms with E-state index in [4.69, 9.17) is 9.47 Å². The minimum Gasteiger partial charge on any atom is -0.494 e. The molecule has 0 aliphatic carbocycles. The van der Waals surface area contributed by atoms with Crippen LogP contribution in [0.15, 0.2) is 24.3 Å². The van der Waals surface area contributed by atoms with Crippen molar-refractivity contribution in [2.45, 2.75) is 26.7 Å². The van der Waals surface area contributed by atoms with E-state index in [1.807, 2.05) is 45.0 Å². The second kappa shape index (κ2) is 6.28. The lowest BCUT2D eigenvalue weighted by Crippen LogP contribution is -2.19. The van der Waals surface area contributed by atoms with Gasteiger partial charge in [0.1, 0.15) is 5.75 Å². The van der Waals surface area contributed by atoms with Crippen molar-refractivity contribution in [2.75, 3.05) is 13.7 Å². The van der Waals surface area contributed by atoms with Crippen molar-refractivity contribution in [3.8, 4) is 5.75 Å². The number of esters is 1. The first-order valence-electron chi connectivity index (χ1n) is 5.90. The van der Waals surface area contributed by atoms with Crippen LogP contribution in [0.3, 0.4) is 0 Å². The molecule has 0 N–H and O–H groups in total. The van der Waals surface area contributed by atoms with E-state index < -0.39 is 0 Å². The van der Waals surface area contributed by atoms with Crippen LogP contribution in [0.2, 0.25) is 0 Å². The molecule has 0 amide bonds. The Morgan fingerprint density at radius 3 is 2.24 bits per heavy atom. The Morgan fingerprint density at radius 1 is 1.24 bits per heavy atom. The number of methoxy groups -OCH3 is 1. The Kier molecular flexibility index (Phi) is 5.01. The van der Waals surface area contributed by atoms with Crippen molar-refractivity contribution in [1.82, 2.24) is 0 Å². The second-order valence-electron chi connectivity index (χ2n) is 4.25. The fourth-order valence-corrected chi connectivity index (χ4v) is 1.86. The zero-order valence-electron chi connectivity index (χ0n) is 10.9. The zero-order valence-corrected chi connectivity index (χ0v) is 10.9. The highest BCUT2D eigenvalue weighted by atomic mass is 16.5. The minimum atomic E-state index is -0.212. The number of ether oxygens (including phenoxy) is 2. The summed E-state index contributed by atoms with van der Waals surface area (Å²) in [7, 11) is 1.42. The maximum atomic E-state index is 11.7. The maximum absolute atomic E-state index is 11.7. The van der Waals surface area contributed by atoms with Crippen LogP contribution >= 0.6 is 0 Å². The predicted molar refractivity (Wildman–Crippen MR) is 67.2 cm³/mol. The Hall–Kier alpha value is -1.51. The molecular weight excluding hydrogens is 216 g/mol. The third kappa shape index (κ3) is 3.48. The average molecular weight is 236 g/mol. The van der Waals surface area contributed by atoms with E-state index in [2.05, 4.69) is 0 Å². The molecule has 1 atom stereocenters. The van der Waals surface area contributed by atoms with Crippen LogP contribution in [-0.4, -0.2) is 19.7 Å².